The van der Waals surface area contributed by atoms with E-state index in [1.165, 1.54) is 14.0 Å². The van der Waals surface area contributed by atoms with Gasteiger partial charge >= 0.3 is 6.09 Å². The highest BCUT2D eigenvalue weighted by Crippen LogP contribution is 2.35. The van der Waals surface area contributed by atoms with Crippen LogP contribution >= 0.6 is 11.6 Å². The van der Waals surface area contributed by atoms with Crippen molar-refractivity contribution < 1.29 is 14.3 Å². The Hall–Kier alpha value is -2.54. The molecule has 1 heterocycles. The first kappa shape index (κ1) is 19.2. The van der Waals surface area contributed by atoms with Crippen molar-refractivity contribution in [2.24, 2.45) is 0 Å². The molecule has 0 radical (unpaired) electrons. The normalized spacial score (nSPS) is 19.7. The molecule has 1 aromatic carbocycles. The van der Waals surface area contributed by atoms with Crippen LogP contribution in [0.4, 0.5) is 10.5 Å². The molecule has 2 atom stereocenters. The Morgan fingerprint density at radius 3 is 2.74 bits per heavy atom. The van der Waals surface area contributed by atoms with Crippen LogP contribution in [-0.4, -0.2) is 29.6 Å². The number of benzene rings is 1. The number of halogens is 1. The van der Waals surface area contributed by atoms with Crippen molar-refractivity contribution in [3.8, 4) is 0 Å². The average molecular weight is 392 g/mol. The number of nitrogens with zero attached hydrogens (tertiary/aromatic N) is 1. The maximum atomic E-state index is 13.1. The van der Waals surface area contributed by atoms with Gasteiger partial charge in [-0.3, -0.25) is 9.59 Å². The van der Waals surface area contributed by atoms with Gasteiger partial charge in [-0.1, -0.05) is 17.7 Å². The van der Waals surface area contributed by atoms with Crippen molar-refractivity contribution in [1.82, 2.24) is 9.88 Å². The van der Waals surface area contributed by atoms with E-state index in [2.05, 4.69) is 10.1 Å². The lowest BCUT2D eigenvalue weighted by Gasteiger charge is -2.32. The van der Waals surface area contributed by atoms with E-state index in [0.29, 0.717) is 22.3 Å². The van der Waals surface area contributed by atoms with Gasteiger partial charge in [0.15, 0.2) is 5.78 Å². The zero-order valence-electron chi connectivity index (χ0n) is 15.3. The number of Topliss-reactive ketones (excluding diaryl/α,β-unsaturated/α-hetero) is 1. The summed E-state index contributed by atoms with van der Waals surface area (Å²) in [7, 11) is 1.31. The maximum Gasteiger partial charge on any atom is 0.407 e. The maximum absolute atomic E-state index is 13.1. The van der Waals surface area contributed by atoms with Gasteiger partial charge in [0.2, 0.25) is 0 Å². The molecule has 1 saturated carbocycles. The van der Waals surface area contributed by atoms with Crippen molar-refractivity contribution in [1.29, 1.82) is 0 Å². The number of fused-ring (bicyclic) bond motifs is 1. The molecule has 0 bridgehead atoms. The molecule has 0 aliphatic heterocycles. The van der Waals surface area contributed by atoms with E-state index in [-0.39, 0.29) is 23.3 Å². The zero-order chi connectivity index (χ0) is 19.7. The van der Waals surface area contributed by atoms with E-state index >= 15 is 0 Å². The topological polar surface area (TPSA) is 103 Å². The summed E-state index contributed by atoms with van der Waals surface area (Å²) in [4.78, 5) is 36.8. The summed E-state index contributed by atoms with van der Waals surface area (Å²) in [5.41, 5.74) is 6.39. The van der Waals surface area contributed by atoms with Gasteiger partial charge in [-0.05, 0) is 44.7 Å². The van der Waals surface area contributed by atoms with Gasteiger partial charge in [0.05, 0.1) is 23.3 Å². The van der Waals surface area contributed by atoms with E-state index < -0.39 is 17.4 Å². The smallest absolute Gasteiger partial charge is 0.407 e. The number of amides is 1. The molecule has 2 aromatic rings. The van der Waals surface area contributed by atoms with Crippen molar-refractivity contribution in [2.75, 3.05) is 12.8 Å². The number of nitrogens with one attached hydrogen (secondary N) is 1. The summed E-state index contributed by atoms with van der Waals surface area (Å²) >= 11 is 6.34. The van der Waals surface area contributed by atoms with Gasteiger partial charge in [0.25, 0.3) is 5.56 Å². The first-order chi connectivity index (χ1) is 12.8. The predicted octanol–water partition coefficient (Wildman–Crippen LogP) is 3.28. The second kappa shape index (κ2) is 7.60. The van der Waals surface area contributed by atoms with Crippen LogP contribution in [0.1, 0.15) is 49.0 Å². The number of alkyl carbamates (subject to hydrolysis) is 1. The van der Waals surface area contributed by atoms with E-state index in [1.54, 1.807) is 22.8 Å². The Balaban J connectivity index is 2.16. The monoisotopic (exact) mass is 391 g/mol. The molecular formula is C19H22ClN3O4. The van der Waals surface area contributed by atoms with Gasteiger partial charge in [-0.2, -0.15) is 0 Å². The lowest BCUT2D eigenvalue weighted by atomic mass is 9.90. The fourth-order valence-corrected chi connectivity index (χ4v) is 4.18. The van der Waals surface area contributed by atoms with Crippen LogP contribution in [0.5, 0.6) is 0 Å². The van der Waals surface area contributed by atoms with Crippen molar-refractivity contribution in [2.45, 2.75) is 44.7 Å². The van der Waals surface area contributed by atoms with Crippen LogP contribution in [0.3, 0.4) is 0 Å². The molecule has 8 heteroatoms. The summed E-state index contributed by atoms with van der Waals surface area (Å²) in [6, 6.07) is 4.91. The number of carbonyl (C=O) groups is 2. The summed E-state index contributed by atoms with van der Waals surface area (Å²) in [6.07, 6.45) is 2.43. The SMILES string of the molecule is COC(=O)NC1CCCC(n2c(=O)c(C(C)=O)c(N)c3c(Cl)cccc32)C1. The van der Waals surface area contributed by atoms with E-state index in [0.717, 1.165) is 19.3 Å². The van der Waals surface area contributed by atoms with Crippen molar-refractivity contribution >= 4 is 40.1 Å². The number of carbonyl (C=O) groups excluding carboxylic acids is 2. The molecule has 1 aromatic heterocycles. The Morgan fingerprint density at radius 1 is 1.33 bits per heavy atom. The predicted molar refractivity (Wildman–Crippen MR) is 104 cm³/mol. The van der Waals surface area contributed by atoms with E-state index in [1.807, 2.05) is 0 Å². The van der Waals surface area contributed by atoms with Gasteiger partial charge < -0.3 is 20.4 Å². The van der Waals surface area contributed by atoms with Gasteiger partial charge in [-0.15, -0.1) is 0 Å². The van der Waals surface area contributed by atoms with Crippen molar-refractivity contribution in [3.63, 3.8) is 0 Å². The Labute approximate surface area is 161 Å². The molecule has 0 spiro atoms. The summed E-state index contributed by atoms with van der Waals surface area (Å²) in [5, 5.41) is 3.70. The second-order valence-corrected chi connectivity index (χ2v) is 7.21. The van der Waals surface area contributed by atoms with Crippen LogP contribution < -0.4 is 16.6 Å². The molecule has 3 N–H and O–H groups in total. The average Bonchev–Trinajstić information content (AvgIpc) is 2.61. The van der Waals surface area contributed by atoms with Crippen LogP contribution in [0.2, 0.25) is 5.02 Å². The fourth-order valence-electron chi connectivity index (χ4n) is 3.91. The Morgan fingerprint density at radius 2 is 2.07 bits per heavy atom. The highest BCUT2D eigenvalue weighted by Gasteiger charge is 2.29. The quantitative estimate of drug-likeness (QED) is 0.781. The third-order valence-electron chi connectivity index (χ3n) is 5.09. The summed E-state index contributed by atoms with van der Waals surface area (Å²) in [5.74, 6) is -0.395. The van der Waals surface area contributed by atoms with Crippen LogP contribution in [-0.2, 0) is 4.74 Å². The first-order valence-electron chi connectivity index (χ1n) is 8.82. The molecule has 1 aliphatic carbocycles. The summed E-state index contributed by atoms with van der Waals surface area (Å²) < 4.78 is 6.28. The largest absolute Gasteiger partial charge is 0.453 e. The zero-order valence-corrected chi connectivity index (χ0v) is 16.0. The molecular weight excluding hydrogens is 370 g/mol. The van der Waals surface area contributed by atoms with E-state index in [4.69, 9.17) is 17.3 Å². The molecule has 0 saturated heterocycles. The number of pyridine rings is 1. The second-order valence-electron chi connectivity index (χ2n) is 6.81. The summed E-state index contributed by atoms with van der Waals surface area (Å²) in [6.45, 7) is 1.32. The molecule has 7 nitrogen and oxygen atoms in total. The highest BCUT2D eigenvalue weighted by atomic mass is 35.5. The van der Waals surface area contributed by atoms with Crippen LogP contribution in [0, 0.1) is 0 Å². The Bertz CT molecular complexity index is 970. The number of aromatic nitrogens is 1. The lowest BCUT2D eigenvalue weighted by Crippen LogP contribution is -2.41. The highest BCUT2D eigenvalue weighted by molar-refractivity contribution is 6.36. The van der Waals surface area contributed by atoms with Gasteiger partial charge in [0, 0.05) is 17.5 Å². The van der Waals surface area contributed by atoms with Gasteiger partial charge in [-0.25, -0.2) is 4.79 Å². The van der Waals surface area contributed by atoms with Gasteiger partial charge in [0.1, 0.15) is 5.56 Å². The number of nitrogen functional groups attached to an aromatic ring is 1. The van der Waals surface area contributed by atoms with Crippen molar-refractivity contribution in [3.05, 3.63) is 39.1 Å². The third kappa shape index (κ3) is 3.51. The number of methoxy groups -OCH3 is 1. The van der Waals surface area contributed by atoms with Crippen LogP contribution in [0.15, 0.2) is 23.0 Å². The number of hydrogen-bond donors (Lipinski definition) is 2. The lowest BCUT2D eigenvalue weighted by molar-refractivity contribution is 0.101. The Kier molecular flexibility index (Phi) is 5.41. The van der Waals surface area contributed by atoms with Crippen LogP contribution in [0.25, 0.3) is 10.9 Å². The molecule has 27 heavy (non-hydrogen) atoms. The standard InChI is InChI=1S/C19H22ClN3O4/c1-10(24)15-17(21)16-13(20)7-4-8-14(16)23(18(15)25)12-6-3-5-11(9-12)22-19(26)27-2/h4,7-8,11-12H,3,5-6,9,21H2,1-2H3,(H,22,26). The number of anilines is 1. The molecule has 1 amide bonds. The molecule has 1 fully saturated rings. The minimum Gasteiger partial charge on any atom is -0.453 e. The van der Waals surface area contributed by atoms with E-state index in [9.17, 15) is 14.4 Å². The minimum atomic E-state index is -0.498. The minimum absolute atomic E-state index is 0.0429. The molecule has 2 unspecified atom stereocenters. The first-order valence-corrected chi connectivity index (χ1v) is 9.20. The number of rotatable bonds is 3. The molecule has 1 aliphatic rings. The number of ketones is 1. The number of hydrogen-bond acceptors (Lipinski definition) is 5. The fraction of sp³-hybridized carbons (Fsp3) is 0.421. The number of nitrogens with two attached hydrogens (primary N) is 1. The third-order valence-corrected chi connectivity index (χ3v) is 5.41. The number of ether oxygens (including phenoxy) is 1. The molecule has 3 rings (SSSR count). The molecule has 144 valence electrons.